The van der Waals surface area contributed by atoms with Crippen molar-refractivity contribution < 1.29 is 5.11 Å². The number of aliphatic hydroxyl groups excluding tert-OH is 1. The van der Waals surface area contributed by atoms with Crippen LogP contribution in [0.15, 0.2) is 0 Å². The largest absolute Gasteiger partial charge is 0.393 e. The minimum Gasteiger partial charge on any atom is -0.393 e. The molecule has 0 aromatic rings. The predicted molar refractivity (Wildman–Crippen MR) is 71.0 cm³/mol. The van der Waals surface area contributed by atoms with E-state index in [1.54, 1.807) is 0 Å². The van der Waals surface area contributed by atoms with Crippen LogP contribution < -0.4 is 5.32 Å². The lowest BCUT2D eigenvalue weighted by Gasteiger charge is -2.39. The van der Waals surface area contributed by atoms with Crippen molar-refractivity contribution in [3.05, 3.63) is 0 Å². The second-order valence-electron chi connectivity index (χ2n) is 5.87. The van der Waals surface area contributed by atoms with E-state index in [0.717, 1.165) is 38.4 Å². The van der Waals surface area contributed by atoms with E-state index in [0.29, 0.717) is 12.0 Å². The van der Waals surface area contributed by atoms with E-state index in [2.05, 4.69) is 24.1 Å². The molecule has 17 heavy (non-hydrogen) atoms. The number of hydrogen-bond acceptors (Lipinski definition) is 3. The zero-order chi connectivity index (χ0) is 12.3. The van der Waals surface area contributed by atoms with E-state index in [1.807, 2.05) is 0 Å². The molecule has 0 spiro atoms. The van der Waals surface area contributed by atoms with Gasteiger partial charge in [0.25, 0.3) is 0 Å². The first kappa shape index (κ1) is 13.3. The van der Waals surface area contributed by atoms with Gasteiger partial charge in [0.1, 0.15) is 0 Å². The smallest absolute Gasteiger partial charge is 0.0578 e. The van der Waals surface area contributed by atoms with Crippen LogP contribution in [0.25, 0.3) is 0 Å². The van der Waals surface area contributed by atoms with Gasteiger partial charge in [-0.05, 0) is 50.6 Å². The van der Waals surface area contributed by atoms with Gasteiger partial charge in [-0.25, -0.2) is 0 Å². The number of rotatable bonds is 6. The predicted octanol–water partition coefficient (Wildman–Crippen LogP) is 1.47. The van der Waals surface area contributed by atoms with Crippen molar-refractivity contribution in [1.29, 1.82) is 0 Å². The molecule has 0 aromatic carbocycles. The Morgan fingerprint density at radius 2 is 2.06 bits per heavy atom. The summed E-state index contributed by atoms with van der Waals surface area (Å²) in [6.07, 6.45) is 4.75. The number of likely N-dealkylation sites (N-methyl/N-ethyl adjacent to an activating group) is 1. The molecule has 1 heterocycles. The van der Waals surface area contributed by atoms with E-state index < -0.39 is 0 Å². The molecular formula is C14H28N2O. The molecule has 1 aliphatic carbocycles. The molecule has 0 amide bonds. The molecule has 1 saturated heterocycles. The molecule has 3 unspecified atom stereocenters. The minimum absolute atomic E-state index is 0.116. The SMILES string of the molecule is CCC(O)C1CC(NCC2CC2)CN(CC)C1. The van der Waals surface area contributed by atoms with E-state index in [4.69, 9.17) is 0 Å². The summed E-state index contributed by atoms with van der Waals surface area (Å²) in [5, 5.41) is 13.8. The quantitative estimate of drug-likeness (QED) is 0.738. The second kappa shape index (κ2) is 6.17. The van der Waals surface area contributed by atoms with Crippen LogP contribution in [0.3, 0.4) is 0 Å². The molecule has 2 fully saturated rings. The monoisotopic (exact) mass is 240 g/mol. The van der Waals surface area contributed by atoms with Crippen LogP contribution in [0.5, 0.6) is 0 Å². The number of hydrogen-bond donors (Lipinski definition) is 2. The normalized spacial score (nSPS) is 32.6. The molecule has 3 atom stereocenters. The molecule has 100 valence electrons. The molecule has 0 aromatic heterocycles. The van der Waals surface area contributed by atoms with E-state index in [9.17, 15) is 5.11 Å². The van der Waals surface area contributed by atoms with Gasteiger partial charge in [0.05, 0.1) is 6.10 Å². The van der Waals surface area contributed by atoms with E-state index in [-0.39, 0.29) is 6.10 Å². The van der Waals surface area contributed by atoms with Gasteiger partial charge >= 0.3 is 0 Å². The van der Waals surface area contributed by atoms with Crippen molar-refractivity contribution in [2.24, 2.45) is 11.8 Å². The highest BCUT2D eigenvalue weighted by Gasteiger charge is 2.31. The van der Waals surface area contributed by atoms with Crippen LogP contribution >= 0.6 is 0 Å². The van der Waals surface area contributed by atoms with Gasteiger partial charge in [0.2, 0.25) is 0 Å². The van der Waals surface area contributed by atoms with E-state index in [1.165, 1.54) is 19.4 Å². The number of aliphatic hydroxyl groups is 1. The number of piperidine rings is 1. The van der Waals surface area contributed by atoms with Crippen LogP contribution in [-0.2, 0) is 0 Å². The van der Waals surface area contributed by atoms with Gasteiger partial charge in [-0.15, -0.1) is 0 Å². The Labute approximate surface area is 106 Å². The second-order valence-corrected chi connectivity index (χ2v) is 5.87. The van der Waals surface area contributed by atoms with Gasteiger partial charge in [-0.3, -0.25) is 0 Å². The summed E-state index contributed by atoms with van der Waals surface area (Å²) in [6.45, 7) is 8.84. The van der Waals surface area contributed by atoms with Gasteiger partial charge in [0, 0.05) is 19.1 Å². The summed E-state index contributed by atoms with van der Waals surface area (Å²) in [6, 6.07) is 0.593. The third kappa shape index (κ3) is 3.94. The summed E-state index contributed by atoms with van der Waals surface area (Å²) in [7, 11) is 0. The molecule has 1 saturated carbocycles. The average Bonchev–Trinajstić information content (AvgIpc) is 3.19. The molecule has 2 N–H and O–H groups in total. The first-order valence-corrected chi connectivity index (χ1v) is 7.36. The van der Waals surface area contributed by atoms with Gasteiger partial charge in [-0.1, -0.05) is 13.8 Å². The lowest BCUT2D eigenvalue weighted by Crippen LogP contribution is -2.51. The molecule has 0 bridgehead atoms. The van der Waals surface area contributed by atoms with Crippen LogP contribution in [-0.4, -0.2) is 48.3 Å². The summed E-state index contributed by atoms with van der Waals surface area (Å²) in [4.78, 5) is 2.48. The Morgan fingerprint density at radius 1 is 1.29 bits per heavy atom. The van der Waals surface area contributed by atoms with Crippen molar-refractivity contribution in [3.8, 4) is 0 Å². The summed E-state index contributed by atoms with van der Waals surface area (Å²) in [5.74, 6) is 1.41. The average molecular weight is 240 g/mol. The van der Waals surface area contributed by atoms with Crippen molar-refractivity contribution >= 4 is 0 Å². The van der Waals surface area contributed by atoms with Crippen LogP contribution in [0.2, 0.25) is 0 Å². The zero-order valence-electron chi connectivity index (χ0n) is 11.4. The summed E-state index contributed by atoms with van der Waals surface area (Å²) >= 11 is 0. The van der Waals surface area contributed by atoms with Crippen molar-refractivity contribution in [2.45, 2.75) is 51.7 Å². The number of nitrogens with one attached hydrogen (secondary N) is 1. The highest BCUT2D eigenvalue weighted by molar-refractivity contribution is 4.87. The van der Waals surface area contributed by atoms with E-state index >= 15 is 0 Å². The Morgan fingerprint density at radius 3 is 2.65 bits per heavy atom. The maximum absolute atomic E-state index is 10.0. The molecular weight excluding hydrogens is 212 g/mol. The number of likely N-dealkylation sites (tertiary alicyclic amines) is 1. The van der Waals surface area contributed by atoms with Crippen molar-refractivity contribution in [2.75, 3.05) is 26.2 Å². The Kier molecular flexibility index (Phi) is 4.83. The fourth-order valence-electron chi connectivity index (χ4n) is 2.91. The Hall–Kier alpha value is -0.120. The van der Waals surface area contributed by atoms with Crippen molar-refractivity contribution in [1.82, 2.24) is 10.2 Å². The first-order chi connectivity index (χ1) is 8.22. The van der Waals surface area contributed by atoms with Gasteiger partial charge in [0.15, 0.2) is 0 Å². The standard InChI is InChI=1S/C14H28N2O/c1-3-14(17)12-7-13(10-16(4-2)9-12)15-8-11-5-6-11/h11-15,17H,3-10H2,1-2H3. The molecule has 2 aliphatic rings. The zero-order valence-corrected chi connectivity index (χ0v) is 11.4. The topological polar surface area (TPSA) is 35.5 Å². The van der Waals surface area contributed by atoms with Gasteiger partial charge < -0.3 is 15.3 Å². The maximum atomic E-state index is 10.0. The molecule has 3 heteroatoms. The highest BCUT2D eigenvalue weighted by atomic mass is 16.3. The summed E-state index contributed by atoms with van der Waals surface area (Å²) < 4.78 is 0. The highest BCUT2D eigenvalue weighted by Crippen LogP contribution is 2.28. The van der Waals surface area contributed by atoms with Crippen LogP contribution in [0.4, 0.5) is 0 Å². The molecule has 1 aliphatic heterocycles. The Balaban J connectivity index is 1.82. The van der Waals surface area contributed by atoms with Crippen molar-refractivity contribution in [3.63, 3.8) is 0 Å². The molecule has 2 rings (SSSR count). The molecule has 3 nitrogen and oxygen atoms in total. The van der Waals surface area contributed by atoms with Crippen LogP contribution in [0.1, 0.15) is 39.5 Å². The third-order valence-electron chi connectivity index (χ3n) is 4.36. The van der Waals surface area contributed by atoms with Crippen LogP contribution in [0, 0.1) is 11.8 Å². The Bertz CT molecular complexity index is 230. The molecule has 0 radical (unpaired) electrons. The van der Waals surface area contributed by atoms with Gasteiger partial charge in [-0.2, -0.15) is 0 Å². The fourth-order valence-corrected chi connectivity index (χ4v) is 2.91. The lowest BCUT2D eigenvalue weighted by atomic mass is 9.88. The maximum Gasteiger partial charge on any atom is 0.0578 e. The minimum atomic E-state index is -0.116. The lowest BCUT2D eigenvalue weighted by molar-refractivity contribution is 0.0374. The number of nitrogens with zero attached hydrogens (tertiary/aromatic N) is 1. The third-order valence-corrected chi connectivity index (χ3v) is 4.36. The summed E-state index contributed by atoms with van der Waals surface area (Å²) in [5.41, 5.74) is 0. The fraction of sp³-hybridized carbons (Fsp3) is 1.00. The first-order valence-electron chi connectivity index (χ1n) is 7.36.